The minimum atomic E-state index is 0.306. The summed E-state index contributed by atoms with van der Waals surface area (Å²) in [4.78, 5) is 6.14. The molecule has 19 heavy (non-hydrogen) atoms. The Hall–Kier alpha value is -1.65. The molecule has 1 unspecified atom stereocenters. The summed E-state index contributed by atoms with van der Waals surface area (Å²) in [6.07, 6.45) is 3.50. The summed E-state index contributed by atoms with van der Waals surface area (Å²) in [6, 6.07) is 12.2. The highest BCUT2D eigenvalue weighted by atomic mass is 32.1. The van der Waals surface area contributed by atoms with Crippen molar-refractivity contribution in [2.45, 2.75) is 25.2 Å². The molecule has 0 amide bonds. The van der Waals surface area contributed by atoms with Crippen LogP contribution in [0.2, 0.25) is 0 Å². The van der Waals surface area contributed by atoms with Crippen LogP contribution in [0.4, 0.5) is 5.69 Å². The molecule has 1 aliphatic rings. The first-order chi connectivity index (χ1) is 9.38. The van der Waals surface area contributed by atoms with Gasteiger partial charge in [0, 0.05) is 10.8 Å². The van der Waals surface area contributed by atoms with Crippen molar-refractivity contribution in [3.63, 3.8) is 0 Å². The first kappa shape index (κ1) is 12.4. The van der Waals surface area contributed by atoms with Crippen molar-refractivity contribution in [1.82, 2.24) is 5.43 Å². The molecule has 1 atom stereocenters. The van der Waals surface area contributed by atoms with Crippen LogP contribution < -0.4 is 11.3 Å². The van der Waals surface area contributed by atoms with E-state index < -0.39 is 0 Å². The van der Waals surface area contributed by atoms with Gasteiger partial charge >= 0.3 is 0 Å². The van der Waals surface area contributed by atoms with Gasteiger partial charge in [-0.2, -0.15) is 0 Å². The smallest absolute Gasteiger partial charge is 0.124 e. The van der Waals surface area contributed by atoms with E-state index in [0.717, 1.165) is 17.9 Å². The lowest BCUT2D eigenvalue weighted by atomic mass is 9.87. The summed E-state index contributed by atoms with van der Waals surface area (Å²) in [5, 5.41) is 2.17. The maximum atomic E-state index is 5.70. The Morgan fingerprint density at radius 1 is 1.26 bits per heavy atom. The molecule has 1 aromatic heterocycles. The zero-order chi connectivity index (χ0) is 13.1. The highest BCUT2D eigenvalue weighted by Crippen LogP contribution is 2.35. The number of hydrazine groups is 1. The third-order valence-corrected chi connectivity index (χ3v) is 4.53. The zero-order valence-corrected chi connectivity index (χ0v) is 11.5. The molecule has 0 saturated heterocycles. The summed E-state index contributed by atoms with van der Waals surface area (Å²) in [7, 11) is 0. The van der Waals surface area contributed by atoms with E-state index in [1.54, 1.807) is 0 Å². The Morgan fingerprint density at radius 3 is 2.89 bits per heavy atom. The lowest BCUT2D eigenvalue weighted by Gasteiger charge is -2.23. The minimum Gasteiger partial charge on any atom is -0.311 e. The average molecular weight is 271 g/mol. The number of hydrogen-bond donors (Lipinski definition) is 2. The van der Waals surface area contributed by atoms with Crippen LogP contribution in [-0.4, -0.2) is 5.84 Å². The van der Waals surface area contributed by atoms with Gasteiger partial charge in [0.15, 0.2) is 0 Å². The van der Waals surface area contributed by atoms with Crippen LogP contribution in [0.5, 0.6) is 0 Å². The number of hydrogen-bond acceptors (Lipinski definition) is 3. The fourth-order valence-electron chi connectivity index (χ4n) is 2.62. The quantitative estimate of drug-likeness (QED) is 0.381. The molecular weight excluding hydrogens is 254 g/mol. The Labute approximate surface area is 117 Å². The molecule has 0 saturated carbocycles. The predicted octanol–water partition coefficient (Wildman–Crippen LogP) is 3.36. The van der Waals surface area contributed by atoms with Gasteiger partial charge in [0.25, 0.3) is 0 Å². The maximum absolute atomic E-state index is 5.70. The molecule has 1 heterocycles. The zero-order valence-electron chi connectivity index (χ0n) is 10.7. The number of fused-ring (bicyclic) bond motifs is 1. The van der Waals surface area contributed by atoms with Crippen molar-refractivity contribution < 1.29 is 0 Å². The maximum Gasteiger partial charge on any atom is 0.124 e. The van der Waals surface area contributed by atoms with E-state index in [1.807, 2.05) is 41.7 Å². The van der Waals surface area contributed by atoms with E-state index in [4.69, 9.17) is 5.84 Å². The second-order valence-corrected chi connectivity index (χ2v) is 5.72. The average Bonchev–Trinajstić information content (AvgIpc) is 2.94. The molecule has 0 aliphatic heterocycles. The number of thiophene rings is 1. The Morgan fingerprint density at radius 2 is 2.11 bits per heavy atom. The number of benzene rings is 1. The summed E-state index contributed by atoms with van der Waals surface area (Å²) >= 11 is 1.84. The second-order valence-electron chi connectivity index (χ2n) is 4.72. The molecule has 0 fully saturated rings. The molecule has 0 spiro atoms. The van der Waals surface area contributed by atoms with Gasteiger partial charge in [-0.1, -0.05) is 18.2 Å². The first-order valence-electron chi connectivity index (χ1n) is 6.55. The van der Waals surface area contributed by atoms with Crippen LogP contribution >= 0.6 is 11.3 Å². The van der Waals surface area contributed by atoms with Gasteiger partial charge in [0.1, 0.15) is 5.84 Å². The number of amidine groups is 1. The molecule has 4 heteroatoms. The summed E-state index contributed by atoms with van der Waals surface area (Å²) in [5.74, 6) is 6.87. The van der Waals surface area contributed by atoms with E-state index in [9.17, 15) is 0 Å². The fourth-order valence-corrected chi connectivity index (χ4v) is 3.61. The molecule has 3 N–H and O–H groups in total. The van der Waals surface area contributed by atoms with E-state index in [0.29, 0.717) is 5.92 Å². The van der Waals surface area contributed by atoms with Gasteiger partial charge in [0.2, 0.25) is 0 Å². The third-order valence-electron chi connectivity index (χ3n) is 3.54. The number of rotatable bonds is 2. The first-order valence-corrected chi connectivity index (χ1v) is 7.43. The van der Waals surface area contributed by atoms with Crippen molar-refractivity contribution in [1.29, 1.82) is 0 Å². The van der Waals surface area contributed by atoms with Gasteiger partial charge < -0.3 is 5.43 Å². The molecule has 0 bridgehead atoms. The molecule has 1 aromatic carbocycles. The topological polar surface area (TPSA) is 50.4 Å². The van der Waals surface area contributed by atoms with E-state index in [1.165, 1.54) is 23.3 Å². The molecule has 3 nitrogen and oxygen atoms in total. The SMILES string of the molecule is NNC(=Nc1ccccc1)C1CCCc2sccc21. The van der Waals surface area contributed by atoms with Crippen molar-refractivity contribution in [3.05, 3.63) is 52.2 Å². The van der Waals surface area contributed by atoms with Crippen LogP contribution in [0.1, 0.15) is 29.2 Å². The van der Waals surface area contributed by atoms with Crippen molar-refractivity contribution in [2.75, 3.05) is 0 Å². The lowest BCUT2D eigenvalue weighted by molar-refractivity contribution is 0.646. The van der Waals surface area contributed by atoms with Crippen molar-refractivity contribution in [2.24, 2.45) is 10.8 Å². The fraction of sp³-hybridized carbons (Fsp3) is 0.267. The summed E-state index contributed by atoms with van der Waals surface area (Å²) < 4.78 is 0. The Balaban J connectivity index is 1.94. The lowest BCUT2D eigenvalue weighted by Crippen LogP contribution is -2.36. The van der Waals surface area contributed by atoms with Crippen LogP contribution in [0, 0.1) is 0 Å². The van der Waals surface area contributed by atoms with Gasteiger partial charge in [0.05, 0.1) is 5.69 Å². The van der Waals surface area contributed by atoms with E-state index >= 15 is 0 Å². The monoisotopic (exact) mass is 271 g/mol. The molecule has 0 radical (unpaired) electrons. The highest BCUT2D eigenvalue weighted by Gasteiger charge is 2.25. The van der Waals surface area contributed by atoms with Gasteiger partial charge in [-0.25, -0.2) is 10.8 Å². The number of para-hydroxylation sites is 1. The Bertz CT molecular complexity index is 574. The molecule has 3 rings (SSSR count). The molecule has 1 aliphatic carbocycles. The number of nitrogens with one attached hydrogen (secondary N) is 1. The summed E-state index contributed by atoms with van der Waals surface area (Å²) in [5.41, 5.74) is 5.14. The third kappa shape index (κ3) is 2.55. The van der Waals surface area contributed by atoms with E-state index in [-0.39, 0.29) is 0 Å². The normalized spacial score (nSPS) is 19.0. The van der Waals surface area contributed by atoms with Crippen LogP contribution in [-0.2, 0) is 6.42 Å². The largest absolute Gasteiger partial charge is 0.311 e. The van der Waals surface area contributed by atoms with Gasteiger partial charge in [-0.15, -0.1) is 11.3 Å². The number of aryl methyl sites for hydroxylation is 1. The van der Waals surface area contributed by atoms with Crippen LogP contribution in [0.15, 0.2) is 46.8 Å². The van der Waals surface area contributed by atoms with Crippen molar-refractivity contribution in [3.8, 4) is 0 Å². The van der Waals surface area contributed by atoms with Crippen molar-refractivity contribution >= 4 is 22.9 Å². The number of aliphatic imine (C=N–C) groups is 1. The number of nitrogens with two attached hydrogens (primary N) is 1. The Kier molecular flexibility index (Phi) is 3.62. The van der Waals surface area contributed by atoms with Gasteiger partial charge in [-0.3, -0.25) is 0 Å². The van der Waals surface area contributed by atoms with E-state index in [2.05, 4.69) is 21.9 Å². The predicted molar refractivity (Wildman–Crippen MR) is 80.9 cm³/mol. The number of nitrogens with zero attached hydrogens (tertiary/aromatic N) is 1. The molecule has 98 valence electrons. The minimum absolute atomic E-state index is 0.306. The van der Waals surface area contributed by atoms with Crippen LogP contribution in [0.3, 0.4) is 0 Å². The summed E-state index contributed by atoms with van der Waals surface area (Å²) in [6.45, 7) is 0. The molecule has 2 aromatic rings. The van der Waals surface area contributed by atoms with Gasteiger partial charge in [-0.05, 0) is 48.4 Å². The molecular formula is C15H17N3S. The standard InChI is InChI=1S/C15H17N3S/c16-18-15(17-11-5-2-1-3-6-11)13-7-4-8-14-12(13)9-10-19-14/h1-3,5-6,9-10,13H,4,7-8,16H2,(H,17,18). The van der Waals surface area contributed by atoms with Crippen LogP contribution in [0.25, 0.3) is 0 Å². The highest BCUT2D eigenvalue weighted by molar-refractivity contribution is 7.10. The second kappa shape index (κ2) is 5.55.